The highest BCUT2D eigenvalue weighted by molar-refractivity contribution is 5.80. The maximum absolute atomic E-state index is 12.3. The normalized spacial score (nSPS) is 18.9. The Bertz CT molecular complexity index is 774. The van der Waals surface area contributed by atoms with E-state index in [-0.39, 0.29) is 17.4 Å². The minimum atomic E-state index is -0.315. The lowest BCUT2D eigenvalue weighted by Gasteiger charge is -2.29. The fourth-order valence-corrected chi connectivity index (χ4v) is 3.60. The van der Waals surface area contributed by atoms with Crippen molar-refractivity contribution >= 4 is 11.8 Å². The number of amides is 2. The molecule has 0 saturated carbocycles. The van der Waals surface area contributed by atoms with Gasteiger partial charge in [0.1, 0.15) is 0 Å². The van der Waals surface area contributed by atoms with E-state index in [0.717, 1.165) is 25.0 Å². The van der Waals surface area contributed by atoms with Gasteiger partial charge in [-0.05, 0) is 43.9 Å². The molecule has 142 valence electrons. The van der Waals surface area contributed by atoms with Crippen molar-refractivity contribution < 1.29 is 9.59 Å². The van der Waals surface area contributed by atoms with Crippen LogP contribution in [0.15, 0.2) is 48.7 Å². The molecule has 5 heteroatoms. The molecular weight excluding hydrogens is 338 g/mol. The number of carbonyl (C=O) groups is 2. The number of hydrogen-bond donors (Lipinski definition) is 2. The Hall–Kier alpha value is -2.69. The fraction of sp³-hybridized carbons (Fsp3) is 0.409. The summed E-state index contributed by atoms with van der Waals surface area (Å²) >= 11 is 0. The van der Waals surface area contributed by atoms with E-state index in [1.54, 1.807) is 6.20 Å². The van der Waals surface area contributed by atoms with Gasteiger partial charge >= 0.3 is 0 Å². The highest BCUT2D eigenvalue weighted by Crippen LogP contribution is 2.29. The largest absolute Gasteiger partial charge is 0.356 e. The van der Waals surface area contributed by atoms with E-state index >= 15 is 0 Å². The van der Waals surface area contributed by atoms with Gasteiger partial charge in [0, 0.05) is 43.2 Å². The molecule has 1 saturated heterocycles. The van der Waals surface area contributed by atoms with Crippen molar-refractivity contribution in [3.05, 3.63) is 65.5 Å². The highest BCUT2D eigenvalue weighted by Gasteiger charge is 2.37. The van der Waals surface area contributed by atoms with Crippen LogP contribution in [0, 0.1) is 6.92 Å². The third-order valence-corrected chi connectivity index (χ3v) is 5.16. The molecular formula is C22H27N3O2. The van der Waals surface area contributed by atoms with Gasteiger partial charge in [0.15, 0.2) is 0 Å². The molecule has 2 heterocycles. The number of hydrogen-bond acceptors (Lipinski definition) is 3. The van der Waals surface area contributed by atoms with Gasteiger partial charge < -0.3 is 10.6 Å². The lowest BCUT2D eigenvalue weighted by molar-refractivity contribution is -0.122. The van der Waals surface area contributed by atoms with Gasteiger partial charge in [0.05, 0.1) is 0 Å². The number of pyridine rings is 1. The molecule has 2 amide bonds. The summed E-state index contributed by atoms with van der Waals surface area (Å²) in [5.41, 5.74) is 3.07. The standard InChI is InChI=1S/C22H27N3O2/c1-17-5-7-18(8-6-17)16-22(13-10-21(27)25-22)12-9-20(26)24-15-11-19-4-2-3-14-23-19/h2-8,14H,9-13,15-16H2,1H3,(H,24,26)(H,25,27)/t22-/m0/s1. The quantitative estimate of drug-likeness (QED) is 0.756. The van der Waals surface area contributed by atoms with Gasteiger partial charge in [0.25, 0.3) is 0 Å². The number of rotatable bonds is 8. The van der Waals surface area contributed by atoms with Crippen LogP contribution in [0.1, 0.15) is 42.5 Å². The molecule has 1 atom stereocenters. The molecule has 0 radical (unpaired) electrons. The van der Waals surface area contributed by atoms with Crippen LogP contribution in [-0.2, 0) is 22.4 Å². The van der Waals surface area contributed by atoms with E-state index in [1.807, 2.05) is 18.2 Å². The minimum Gasteiger partial charge on any atom is -0.356 e. The Morgan fingerprint density at radius 1 is 1.22 bits per heavy atom. The third kappa shape index (κ3) is 5.64. The zero-order chi connectivity index (χ0) is 19.1. The number of benzene rings is 1. The lowest BCUT2D eigenvalue weighted by atomic mass is 9.84. The molecule has 1 fully saturated rings. The number of aromatic nitrogens is 1. The van der Waals surface area contributed by atoms with Crippen molar-refractivity contribution in [3.8, 4) is 0 Å². The van der Waals surface area contributed by atoms with Gasteiger partial charge in [0.2, 0.25) is 11.8 Å². The minimum absolute atomic E-state index is 0.0235. The summed E-state index contributed by atoms with van der Waals surface area (Å²) in [5, 5.41) is 6.10. The monoisotopic (exact) mass is 365 g/mol. The van der Waals surface area contributed by atoms with Crippen molar-refractivity contribution in [3.63, 3.8) is 0 Å². The second-order valence-corrected chi connectivity index (χ2v) is 7.41. The maximum atomic E-state index is 12.3. The SMILES string of the molecule is Cc1ccc(C[C@]2(CCC(=O)NCCc3ccccn3)CCC(=O)N2)cc1. The molecule has 5 nitrogen and oxygen atoms in total. The fourth-order valence-electron chi connectivity index (χ4n) is 3.60. The molecule has 27 heavy (non-hydrogen) atoms. The van der Waals surface area contributed by atoms with Crippen LogP contribution in [0.2, 0.25) is 0 Å². The van der Waals surface area contributed by atoms with Crippen LogP contribution in [0.25, 0.3) is 0 Å². The van der Waals surface area contributed by atoms with E-state index < -0.39 is 0 Å². The van der Waals surface area contributed by atoms with Crippen LogP contribution in [-0.4, -0.2) is 28.9 Å². The molecule has 0 bridgehead atoms. The number of aryl methyl sites for hydroxylation is 1. The third-order valence-electron chi connectivity index (χ3n) is 5.16. The molecule has 2 aromatic rings. The van der Waals surface area contributed by atoms with E-state index in [9.17, 15) is 9.59 Å². The smallest absolute Gasteiger partial charge is 0.220 e. The molecule has 1 aromatic carbocycles. The predicted octanol–water partition coefficient (Wildman–Crippen LogP) is 2.72. The molecule has 0 unspecified atom stereocenters. The summed E-state index contributed by atoms with van der Waals surface area (Å²) in [6.45, 7) is 2.64. The van der Waals surface area contributed by atoms with E-state index in [2.05, 4.69) is 46.8 Å². The second-order valence-electron chi connectivity index (χ2n) is 7.41. The number of nitrogens with zero attached hydrogens (tertiary/aromatic N) is 1. The summed E-state index contributed by atoms with van der Waals surface area (Å²) in [6.07, 6.45) is 5.62. The number of nitrogens with one attached hydrogen (secondary N) is 2. The summed E-state index contributed by atoms with van der Waals surface area (Å²) in [7, 11) is 0. The van der Waals surface area contributed by atoms with E-state index in [4.69, 9.17) is 0 Å². The van der Waals surface area contributed by atoms with Gasteiger partial charge in [-0.2, -0.15) is 0 Å². The second kappa shape index (κ2) is 8.80. The van der Waals surface area contributed by atoms with Gasteiger partial charge in [-0.25, -0.2) is 0 Å². The average Bonchev–Trinajstić information content (AvgIpc) is 3.04. The first-order valence-corrected chi connectivity index (χ1v) is 9.58. The highest BCUT2D eigenvalue weighted by atomic mass is 16.2. The Morgan fingerprint density at radius 3 is 2.70 bits per heavy atom. The van der Waals surface area contributed by atoms with Crippen molar-refractivity contribution in [2.75, 3.05) is 6.54 Å². The van der Waals surface area contributed by atoms with Crippen molar-refractivity contribution in [1.29, 1.82) is 0 Å². The molecule has 1 aliphatic heterocycles. The Morgan fingerprint density at radius 2 is 2.04 bits per heavy atom. The number of carbonyl (C=O) groups excluding carboxylic acids is 2. The van der Waals surface area contributed by atoms with E-state index in [0.29, 0.717) is 25.8 Å². The summed E-state index contributed by atoms with van der Waals surface area (Å²) < 4.78 is 0. The Balaban J connectivity index is 1.51. The molecule has 0 spiro atoms. The zero-order valence-corrected chi connectivity index (χ0v) is 15.8. The average molecular weight is 365 g/mol. The van der Waals surface area contributed by atoms with Crippen molar-refractivity contribution in [2.45, 2.75) is 51.0 Å². The van der Waals surface area contributed by atoms with Crippen LogP contribution in [0.5, 0.6) is 0 Å². The van der Waals surface area contributed by atoms with Crippen LogP contribution >= 0.6 is 0 Å². The molecule has 2 N–H and O–H groups in total. The van der Waals surface area contributed by atoms with Crippen LogP contribution in [0.4, 0.5) is 0 Å². The molecule has 1 aromatic heterocycles. The Labute approximate surface area is 160 Å². The first-order valence-electron chi connectivity index (χ1n) is 9.58. The first kappa shape index (κ1) is 19.1. The molecule has 0 aliphatic carbocycles. The molecule has 1 aliphatic rings. The summed E-state index contributed by atoms with van der Waals surface area (Å²) in [5.74, 6) is 0.105. The van der Waals surface area contributed by atoms with Crippen molar-refractivity contribution in [2.24, 2.45) is 0 Å². The Kier molecular flexibility index (Phi) is 6.22. The van der Waals surface area contributed by atoms with E-state index in [1.165, 1.54) is 11.1 Å². The van der Waals surface area contributed by atoms with Crippen molar-refractivity contribution in [1.82, 2.24) is 15.6 Å². The van der Waals surface area contributed by atoms with Gasteiger partial charge in [-0.3, -0.25) is 14.6 Å². The topological polar surface area (TPSA) is 71.1 Å². The predicted molar refractivity (Wildman–Crippen MR) is 105 cm³/mol. The maximum Gasteiger partial charge on any atom is 0.220 e. The zero-order valence-electron chi connectivity index (χ0n) is 15.8. The summed E-state index contributed by atoms with van der Waals surface area (Å²) in [4.78, 5) is 28.4. The van der Waals surface area contributed by atoms with Gasteiger partial charge in [-0.1, -0.05) is 35.9 Å². The van der Waals surface area contributed by atoms with Crippen LogP contribution < -0.4 is 10.6 Å². The van der Waals surface area contributed by atoms with Gasteiger partial charge in [-0.15, -0.1) is 0 Å². The summed E-state index contributed by atoms with van der Waals surface area (Å²) in [6, 6.07) is 14.2. The molecule has 3 rings (SSSR count). The first-order chi connectivity index (χ1) is 13.0. The van der Waals surface area contributed by atoms with Crippen LogP contribution in [0.3, 0.4) is 0 Å². The lowest BCUT2D eigenvalue weighted by Crippen LogP contribution is -2.44.